The summed E-state index contributed by atoms with van der Waals surface area (Å²) >= 11 is 1.84. The molecule has 0 atom stereocenters. The molecule has 12 rings (SSSR count). The summed E-state index contributed by atoms with van der Waals surface area (Å²) < 4.78 is 7.36. The minimum absolute atomic E-state index is 1.01. The van der Waals surface area contributed by atoms with Crippen LogP contribution in [0.3, 0.4) is 0 Å². The number of para-hydroxylation sites is 3. The lowest BCUT2D eigenvalue weighted by atomic mass is 10.0. The van der Waals surface area contributed by atoms with Crippen LogP contribution in [0.4, 0.5) is 0 Å². The van der Waals surface area contributed by atoms with Gasteiger partial charge in [0.25, 0.3) is 0 Å². The summed E-state index contributed by atoms with van der Waals surface area (Å²) in [6.07, 6.45) is 0. The molecule has 246 valence electrons. The van der Waals surface area contributed by atoms with E-state index in [0.717, 1.165) is 16.4 Å². The molecule has 0 fully saturated rings. The summed E-state index contributed by atoms with van der Waals surface area (Å²) in [5.41, 5.74) is 11.7. The number of hydrogen-bond acceptors (Lipinski definition) is 2. The fraction of sp³-hybridized carbons (Fsp3) is 0. The highest BCUT2D eigenvalue weighted by Gasteiger charge is 2.21. The van der Waals surface area contributed by atoms with Gasteiger partial charge < -0.3 is 9.13 Å². The molecule has 4 heteroatoms. The van der Waals surface area contributed by atoms with E-state index in [1.165, 1.54) is 91.7 Å². The minimum Gasteiger partial charge on any atom is -0.309 e. The molecule has 0 bridgehead atoms. The van der Waals surface area contributed by atoms with Crippen molar-refractivity contribution in [2.75, 3.05) is 0 Å². The molecule has 0 saturated heterocycles. The first-order valence-corrected chi connectivity index (χ1v) is 18.9. The second kappa shape index (κ2) is 10.9. The molecule has 0 N–H and O–H groups in total. The fourth-order valence-corrected chi connectivity index (χ4v) is 9.87. The lowest BCUT2D eigenvalue weighted by Crippen LogP contribution is -1.97. The molecular weight excluding hydrogens is 663 g/mol. The van der Waals surface area contributed by atoms with Gasteiger partial charge in [-0.2, -0.15) is 0 Å². The molecule has 0 radical (unpaired) electrons. The van der Waals surface area contributed by atoms with Crippen LogP contribution < -0.4 is 0 Å². The molecule has 53 heavy (non-hydrogen) atoms. The third-order valence-electron chi connectivity index (χ3n) is 11.1. The van der Waals surface area contributed by atoms with Crippen molar-refractivity contribution >= 4 is 96.9 Å². The van der Waals surface area contributed by atoms with Gasteiger partial charge in [-0.3, -0.25) is 0 Å². The zero-order valence-corrected chi connectivity index (χ0v) is 29.3. The Balaban J connectivity index is 1.09. The Bertz CT molecular complexity index is 3470. The van der Waals surface area contributed by atoms with E-state index in [1.54, 1.807) is 0 Å². The Morgan fingerprint density at radius 3 is 1.72 bits per heavy atom. The fourth-order valence-electron chi connectivity index (χ4n) is 8.68. The number of pyridine rings is 1. The molecule has 4 aromatic heterocycles. The van der Waals surface area contributed by atoms with Gasteiger partial charge in [0.2, 0.25) is 0 Å². The summed E-state index contributed by atoms with van der Waals surface area (Å²) in [5, 5.41) is 9.86. The van der Waals surface area contributed by atoms with Crippen molar-refractivity contribution in [3.8, 4) is 22.5 Å². The number of hydrogen-bond donors (Lipinski definition) is 0. The second-order valence-corrected chi connectivity index (χ2v) is 15.0. The molecule has 0 unspecified atom stereocenters. The van der Waals surface area contributed by atoms with Gasteiger partial charge in [0.1, 0.15) is 0 Å². The predicted molar refractivity (Wildman–Crippen MR) is 226 cm³/mol. The third-order valence-corrected chi connectivity index (χ3v) is 12.2. The van der Waals surface area contributed by atoms with Gasteiger partial charge in [0.15, 0.2) is 0 Å². The van der Waals surface area contributed by atoms with E-state index in [1.807, 2.05) is 11.3 Å². The number of benzene rings is 8. The Hall–Kier alpha value is -6.75. The largest absolute Gasteiger partial charge is 0.309 e. The molecule has 0 aliphatic heterocycles. The van der Waals surface area contributed by atoms with Crippen LogP contribution in [0.25, 0.3) is 108 Å². The molecule has 4 heterocycles. The first-order chi connectivity index (χ1) is 26.3. The van der Waals surface area contributed by atoms with E-state index in [-0.39, 0.29) is 0 Å². The summed E-state index contributed by atoms with van der Waals surface area (Å²) in [7, 11) is 0. The summed E-state index contributed by atoms with van der Waals surface area (Å²) in [6.45, 7) is 0. The van der Waals surface area contributed by atoms with Crippen LogP contribution >= 0.6 is 11.3 Å². The second-order valence-electron chi connectivity index (χ2n) is 14.0. The van der Waals surface area contributed by atoms with Crippen molar-refractivity contribution < 1.29 is 0 Å². The Morgan fingerprint density at radius 2 is 0.962 bits per heavy atom. The van der Waals surface area contributed by atoms with Crippen LogP contribution in [0.5, 0.6) is 0 Å². The summed E-state index contributed by atoms with van der Waals surface area (Å²) in [5.74, 6) is 0. The summed E-state index contributed by atoms with van der Waals surface area (Å²) in [4.78, 5) is 5.23. The highest BCUT2D eigenvalue weighted by atomic mass is 32.1. The normalized spacial score (nSPS) is 12.2. The molecule has 0 aliphatic rings. The smallest absolute Gasteiger partial charge is 0.0917 e. The zero-order chi connectivity index (χ0) is 34.6. The molecule has 0 amide bonds. The average Bonchev–Trinajstić information content (AvgIpc) is 3.87. The maximum Gasteiger partial charge on any atom is 0.0917 e. The van der Waals surface area contributed by atoms with Crippen LogP contribution in [0.15, 0.2) is 176 Å². The van der Waals surface area contributed by atoms with Crippen LogP contribution in [0.1, 0.15) is 0 Å². The van der Waals surface area contributed by atoms with Crippen molar-refractivity contribution in [3.05, 3.63) is 176 Å². The van der Waals surface area contributed by atoms with E-state index in [0.29, 0.717) is 0 Å². The topological polar surface area (TPSA) is 22.8 Å². The van der Waals surface area contributed by atoms with Gasteiger partial charge in [-0.25, -0.2) is 4.98 Å². The maximum atomic E-state index is 5.23. The maximum absolute atomic E-state index is 5.23. The predicted octanol–water partition coefficient (Wildman–Crippen LogP) is 13.6. The first-order valence-electron chi connectivity index (χ1n) is 18.0. The van der Waals surface area contributed by atoms with Crippen molar-refractivity contribution in [2.24, 2.45) is 0 Å². The molecule has 0 spiro atoms. The van der Waals surface area contributed by atoms with Gasteiger partial charge in [-0.05, 0) is 82.6 Å². The molecule has 3 nitrogen and oxygen atoms in total. The molecular formula is C49H29N3S. The van der Waals surface area contributed by atoms with Crippen molar-refractivity contribution in [3.63, 3.8) is 0 Å². The van der Waals surface area contributed by atoms with Gasteiger partial charge >= 0.3 is 0 Å². The standard InChI is InChI=1S/C49H29N3S/c1-2-12-31-27-34(24-21-30(31)11-1)51-42-18-8-4-13-35(42)39-28-32(22-25-44(39)51)33-23-26-45-40(29-33)36-14-5-9-19-43(36)52(45)48-37-15-3-7-17-41(37)50-47-38-16-6-10-20-46(38)53-49(47)48/h1-29H. The van der Waals surface area contributed by atoms with E-state index >= 15 is 0 Å². The molecule has 12 aromatic rings. The van der Waals surface area contributed by atoms with E-state index in [9.17, 15) is 0 Å². The van der Waals surface area contributed by atoms with Gasteiger partial charge in [-0.15, -0.1) is 11.3 Å². The number of thiophene rings is 1. The van der Waals surface area contributed by atoms with Gasteiger partial charge in [-0.1, -0.05) is 115 Å². The summed E-state index contributed by atoms with van der Waals surface area (Å²) in [6, 6.07) is 64.2. The Labute approximate surface area is 308 Å². The van der Waals surface area contributed by atoms with E-state index in [4.69, 9.17) is 4.98 Å². The monoisotopic (exact) mass is 691 g/mol. The van der Waals surface area contributed by atoms with Crippen LogP contribution in [-0.4, -0.2) is 14.1 Å². The highest BCUT2D eigenvalue weighted by molar-refractivity contribution is 7.26. The Morgan fingerprint density at radius 1 is 0.396 bits per heavy atom. The molecule has 8 aromatic carbocycles. The van der Waals surface area contributed by atoms with Crippen LogP contribution in [-0.2, 0) is 0 Å². The van der Waals surface area contributed by atoms with Crippen molar-refractivity contribution in [1.82, 2.24) is 14.1 Å². The SMILES string of the molecule is c1ccc2cc(-n3c4ccccc4c4cc(-c5ccc6c(c5)c5ccccc5n6-c5c6ccccc6nc6c5sc5ccccc56)ccc43)ccc2c1. The Kier molecular flexibility index (Phi) is 5.93. The molecule has 0 saturated carbocycles. The average molecular weight is 692 g/mol. The first kappa shape index (κ1) is 28.9. The number of rotatable bonds is 3. The quantitative estimate of drug-likeness (QED) is 0.181. The van der Waals surface area contributed by atoms with Gasteiger partial charge in [0.05, 0.1) is 43.5 Å². The highest BCUT2D eigenvalue weighted by Crippen LogP contribution is 2.44. The van der Waals surface area contributed by atoms with Crippen LogP contribution in [0, 0.1) is 0 Å². The number of fused-ring (bicyclic) bond motifs is 11. The van der Waals surface area contributed by atoms with E-state index < -0.39 is 0 Å². The third kappa shape index (κ3) is 4.12. The number of nitrogens with zero attached hydrogens (tertiary/aromatic N) is 3. The van der Waals surface area contributed by atoms with Crippen molar-refractivity contribution in [2.45, 2.75) is 0 Å². The lowest BCUT2D eigenvalue weighted by Gasteiger charge is -2.13. The van der Waals surface area contributed by atoms with Gasteiger partial charge in [0, 0.05) is 42.7 Å². The minimum atomic E-state index is 1.01. The van der Waals surface area contributed by atoms with E-state index in [2.05, 4.69) is 185 Å². The lowest BCUT2D eigenvalue weighted by molar-refractivity contribution is 1.19. The zero-order valence-electron chi connectivity index (χ0n) is 28.5. The van der Waals surface area contributed by atoms with Crippen molar-refractivity contribution in [1.29, 1.82) is 0 Å². The molecule has 0 aliphatic carbocycles. The number of aromatic nitrogens is 3. The van der Waals surface area contributed by atoms with Crippen LogP contribution in [0.2, 0.25) is 0 Å².